The summed E-state index contributed by atoms with van der Waals surface area (Å²) in [5.41, 5.74) is 4.80. The summed E-state index contributed by atoms with van der Waals surface area (Å²) in [5.74, 6) is 1.64. The molecule has 3 N–H and O–H groups in total. The van der Waals surface area contributed by atoms with Crippen molar-refractivity contribution in [2.24, 2.45) is 0 Å². The smallest absolute Gasteiger partial charge is 0.154 e. The Bertz CT molecular complexity index is 1320. The van der Waals surface area contributed by atoms with Gasteiger partial charge in [0.1, 0.15) is 5.82 Å². The van der Waals surface area contributed by atoms with Crippen molar-refractivity contribution in [3.05, 3.63) is 89.5 Å². The maximum absolute atomic E-state index is 10.8. The van der Waals surface area contributed by atoms with Crippen LogP contribution in [0.3, 0.4) is 0 Å². The number of aromatic nitrogens is 5. The van der Waals surface area contributed by atoms with E-state index in [1.165, 1.54) is 0 Å². The monoisotopic (exact) mass is 452 g/mol. The molecule has 9 nitrogen and oxygen atoms in total. The van der Waals surface area contributed by atoms with Crippen LogP contribution in [0.15, 0.2) is 67.4 Å². The van der Waals surface area contributed by atoms with E-state index >= 15 is 0 Å². The summed E-state index contributed by atoms with van der Waals surface area (Å²) in [7, 11) is 1.78. The van der Waals surface area contributed by atoms with Crippen molar-refractivity contribution in [3.8, 4) is 0 Å². The second kappa shape index (κ2) is 10.5. The number of rotatable bonds is 8. The summed E-state index contributed by atoms with van der Waals surface area (Å²) in [6.07, 6.45) is 8.62. The van der Waals surface area contributed by atoms with Gasteiger partial charge in [0.2, 0.25) is 0 Å². The van der Waals surface area contributed by atoms with Crippen LogP contribution in [0.4, 0.5) is 11.6 Å². The van der Waals surface area contributed by atoms with E-state index in [-0.39, 0.29) is 5.84 Å². The van der Waals surface area contributed by atoms with Crippen molar-refractivity contribution in [2.45, 2.75) is 26.3 Å². The second-order valence-electron chi connectivity index (χ2n) is 8.02. The SMILES string of the molecule is CN/C=C(\C(=[N-])NCc1ccncc1)c1cnc2ccc(Nc3cc(C(C)C)cnn3)nc2c1. The van der Waals surface area contributed by atoms with Gasteiger partial charge in [0.05, 0.1) is 17.2 Å². The third-order valence-electron chi connectivity index (χ3n) is 5.20. The Hall–Kier alpha value is -4.40. The maximum atomic E-state index is 10.8. The predicted octanol–water partition coefficient (Wildman–Crippen LogP) is 4.00. The molecule has 9 heteroatoms. The molecule has 0 bridgehead atoms. The highest BCUT2D eigenvalue weighted by Crippen LogP contribution is 2.22. The number of hydrogen-bond acceptors (Lipinski definition) is 7. The first-order valence-electron chi connectivity index (χ1n) is 11.0. The summed E-state index contributed by atoms with van der Waals surface area (Å²) < 4.78 is 0. The van der Waals surface area contributed by atoms with Crippen molar-refractivity contribution in [1.82, 2.24) is 35.8 Å². The molecule has 0 saturated carbocycles. The lowest BCUT2D eigenvalue weighted by Gasteiger charge is -2.20. The van der Waals surface area contributed by atoms with Crippen LogP contribution in [0.1, 0.15) is 36.5 Å². The Morgan fingerprint density at radius 3 is 2.62 bits per heavy atom. The largest absolute Gasteiger partial charge is 0.477 e. The van der Waals surface area contributed by atoms with Gasteiger partial charge in [-0.1, -0.05) is 19.7 Å². The van der Waals surface area contributed by atoms with E-state index in [0.29, 0.717) is 40.8 Å². The van der Waals surface area contributed by atoms with Crippen molar-refractivity contribution in [2.75, 3.05) is 12.4 Å². The molecule has 0 saturated heterocycles. The van der Waals surface area contributed by atoms with Gasteiger partial charge in [0.15, 0.2) is 5.82 Å². The van der Waals surface area contributed by atoms with Gasteiger partial charge in [-0.2, -0.15) is 5.10 Å². The minimum absolute atomic E-state index is 0.0300. The average Bonchev–Trinajstić information content (AvgIpc) is 2.86. The molecule has 4 aromatic rings. The summed E-state index contributed by atoms with van der Waals surface area (Å²) in [6, 6.07) is 11.4. The lowest BCUT2D eigenvalue weighted by Crippen LogP contribution is -2.23. The number of fused-ring (bicyclic) bond motifs is 1. The van der Waals surface area contributed by atoms with Crippen LogP contribution in [0.5, 0.6) is 0 Å². The summed E-state index contributed by atoms with van der Waals surface area (Å²) in [5, 5.41) is 28.2. The van der Waals surface area contributed by atoms with Crippen LogP contribution in [-0.2, 0) is 6.54 Å². The number of pyridine rings is 3. The lowest BCUT2D eigenvalue weighted by atomic mass is 10.1. The van der Waals surface area contributed by atoms with Gasteiger partial charge in [0.25, 0.3) is 0 Å². The molecular formula is C25H26N9-. The molecule has 0 aromatic carbocycles. The Kier molecular flexibility index (Phi) is 7.02. The molecule has 0 aliphatic heterocycles. The van der Waals surface area contributed by atoms with Gasteiger partial charge in [0, 0.05) is 37.4 Å². The summed E-state index contributed by atoms with van der Waals surface area (Å²) in [4.78, 5) is 13.2. The Balaban J connectivity index is 1.57. The average molecular weight is 453 g/mol. The first-order valence-corrected chi connectivity index (χ1v) is 11.0. The normalized spacial score (nSPS) is 11.5. The fourth-order valence-corrected chi connectivity index (χ4v) is 3.33. The van der Waals surface area contributed by atoms with Crippen molar-refractivity contribution in [3.63, 3.8) is 0 Å². The standard InChI is InChI=1S/C25H26N9/c1-16(2)18-11-24(34-31-14-18)33-23-5-4-21-22(32-23)10-19(13-29-21)20(15-27-3)25(26)30-12-17-6-8-28-9-7-17/h4-11,13-16,27H,12H2,1-3H3,(H2-,26,30,32,33,34)/q-1/b20-15-. The number of nitrogens with zero attached hydrogens (tertiary/aromatic N) is 6. The molecule has 4 heterocycles. The third-order valence-corrected chi connectivity index (χ3v) is 5.20. The van der Waals surface area contributed by atoms with E-state index in [0.717, 1.165) is 16.6 Å². The van der Waals surface area contributed by atoms with E-state index in [1.54, 1.807) is 38.0 Å². The molecule has 0 unspecified atom stereocenters. The Morgan fingerprint density at radius 2 is 1.85 bits per heavy atom. The molecular weight excluding hydrogens is 426 g/mol. The quantitative estimate of drug-likeness (QED) is 0.271. The van der Waals surface area contributed by atoms with E-state index in [1.807, 2.05) is 36.4 Å². The van der Waals surface area contributed by atoms with Gasteiger partial charge in [-0.05, 0) is 65.6 Å². The fourth-order valence-electron chi connectivity index (χ4n) is 3.33. The van der Waals surface area contributed by atoms with Crippen LogP contribution in [0.2, 0.25) is 0 Å². The van der Waals surface area contributed by atoms with Gasteiger partial charge in [-0.25, -0.2) is 4.98 Å². The number of anilines is 2. The van der Waals surface area contributed by atoms with Crippen LogP contribution >= 0.6 is 0 Å². The van der Waals surface area contributed by atoms with E-state index in [9.17, 15) is 5.41 Å². The van der Waals surface area contributed by atoms with Crippen molar-refractivity contribution < 1.29 is 0 Å². The van der Waals surface area contributed by atoms with E-state index in [2.05, 4.69) is 50.0 Å². The third kappa shape index (κ3) is 5.50. The first-order chi connectivity index (χ1) is 16.5. The molecule has 0 spiro atoms. The molecule has 0 atom stereocenters. The van der Waals surface area contributed by atoms with Crippen molar-refractivity contribution >= 4 is 34.1 Å². The van der Waals surface area contributed by atoms with Gasteiger partial charge in [-0.3, -0.25) is 9.97 Å². The molecule has 0 radical (unpaired) electrons. The molecule has 34 heavy (non-hydrogen) atoms. The molecule has 4 rings (SSSR count). The predicted molar refractivity (Wildman–Crippen MR) is 135 cm³/mol. The fraction of sp³-hybridized carbons (Fsp3) is 0.200. The minimum Gasteiger partial charge on any atom is -0.477 e. The van der Waals surface area contributed by atoms with Crippen molar-refractivity contribution in [1.29, 1.82) is 0 Å². The summed E-state index contributed by atoms with van der Waals surface area (Å²) >= 11 is 0. The number of nitrogens with one attached hydrogen (secondary N) is 3. The van der Waals surface area contributed by atoms with Crippen LogP contribution in [-0.4, -0.2) is 38.0 Å². The highest BCUT2D eigenvalue weighted by Gasteiger charge is 2.08. The van der Waals surface area contributed by atoms with E-state index < -0.39 is 0 Å². The van der Waals surface area contributed by atoms with Gasteiger partial charge >= 0.3 is 0 Å². The zero-order valence-electron chi connectivity index (χ0n) is 19.3. The number of amidine groups is 1. The van der Waals surface area contributed by atoms with Crippen LogP contribution in [0.25, 0.3) is 22.0 Å². The number of hydrogen-bond donors (Lipinski definition) is 3. The summed E-state index contributed by atoms with van der Waals surface area (Å²) in [6.45, 7) is 4.67. The highest BCUT2D eigenvalue weighted by atomic mass is 15.2. The molecule has 4 aromatic heterocycles. The topological polar surface area (TPSA) is 123 Å². The Labute approximate surface area is 198 Å². The highest BCUT2D eigenvalue weighted by molar-refractivity contribution is 6.24. The van der Waals surface area contributed by atoms with Crippen LogP contribution < -0.4 is 16.0 Å². The molecule has 0 amide bonds. The molecule has 0 aliphatic carbocycles. The Morgan fingerprint density at radius 1 is 1.03 bits per heavy atom. The zero-order chi connectivity index (χ0) is 23.9. The maximum Gasteiger partial charge on any atom is 0.154 e. The van der Waals surface area contributed by atoms with E-state index in [4.69, 9.17) is 4.98 Å². The molecule has 0 aliphatic rings. The lowest BCUT2D eigenvalue weighted by molar-refractivity contribution is 0.843. The molecule has 0 fully saturated rings. The van der Waals surface area contributed by atoms with Gasteiger partial charge < -0.3 is 21.4 Å². The van der Waals surface area contributed by atoms with Gasteiger partial charge in [-0.15, -0.1) is 5.10 Å². The first kappa shape index (κ1) is 22.8. The minimum atomic E-state index is 0.0300. The molecule has 172 valence electrons. The van der Waals surface area contributed by atoms with Crippen LogP contribution in [0, 0.1) is 0 Å². The second-order valence-corrected chi connectivity index (χ2v) is 8.02. The zero-order valence-corrected chi connectivity index (χ0v) is 19.3.